The van der Waals surface area contributed by atoms with E-state index in [1.54, 1.807) is 0 Å². The van der Waals surface area contributed by atoms with Crippen molar-refractivity contribution in [1.82, 2.24) is 5.32 Å². The van der Waals surface area contributed by atoms with Gasteiger partial charge in [0.2, 0.25) is 5.91 Å². The van der Waals surface area contributed by atoms with Crippen LogP contribution in [0.3, 0.4) is 0 Å². The third kappa shape index (κ3) is 2.46. The van der Waals surface area contributed by atoms with Gasteiger partial charge in [-0.1, -0.05) is 12.8 Å². The molecule has 1 saturated carbocycles. The van der Waals surface area contributed by atoms with Crippen LogP contribution in [0.1, 0.15) is 25.7 Å². The van der Waals surface area contributed by atoms with E-state index in [2.05, 4.69) is 5.32 Å². The van der Waals surface area contributed by atoms with E-state index < -0.39 is 11.9 Å². The third-order valence-electron chi connectivity index (χ3n) is 2.32. The van der Waals surface area contributed by atoms with Crippen molar-refractivity contribution in [3.63, 3.8) is 0 Å². The number of carbonyl (C=O) groups is 1. The Morgan fingerprint density at radius 1 is 1.58 bits per heavy atom. The van der Waals surface area contributed by atoms with Crippen LogP contribution in [0.4, 0.5) is 0 Å². The van der Waals surface area contributed by atoms with Gasteiger partial charge in [0.15, 0.2) is 0 Å². The number of aliphatic hydroxyl groups excluding tert-OH is 1. The van der Waals surface area contributed by atoms with E-state index in [4.69, 9.17) is 10.8 Å². The van der Waals surface area contributed by atoms with Crippen LogP contribution in [0.15, 0.2) is 0 Å². The molecule has 12 heavy (non-hydrogen) atoms. The van der Waals surface area contributed by atoms with E-state index in [-0.39, 0.29) is 6.61 Å². The lowest BCUT2D eigenvalue weighted by molar-refractivity contribution is -0.121. The molecule has 0 bridgehead atoms. The molecule has 1 aliphatic carbocycles. The minimum atomic E-state index is -0.562. The molecular weight excluding hydrogens is 156 g/mol. The summed E-state index contributed by atoms with van der Waals surface area (Å²) in [5, 5.41) is 11.8. The summed E-state index contributed by atoms with van der Waals surface area (Å²) in [7, 11) is 0. The zero-order valence-electron chi connectivity index (χ0n) is 7.12. The molecule has 0 saturated heterocycles. The summed E-state index contributed by atoms with van der Waals surface area (Å²) >= 11 is 0. The monoisotopic (exact) mass is 172 g/mol. The summed E-state index contributed by atoms with van der Waals surface area (Å²) in [6, 6.07) is -0.192. The summed E-state index contributed by atoms with van der Waals surface area (Å²) < 4.78 is 0. The molecule has 1 rings (SSSR count). The van der Waals surface area contributed by atoms with Crippen LogP contribution >= 0.6 is 0 Å². The fraction of sp³-hybridized carbons (Fsp3) is 0.875. The molecule has 4 N–H and O–H groups in total. The maximum Gasteiger partial charge on any atom is 0.236 e. The average molecular weight is 172 g/mol. The van der Waals surface area contributed by atoms with Gasteiger partial charge in [-0.15, -0.1) is 0 Å². The molecule has 4 nitrogen and oxygen atoms in total. The molecule has 1 fully saturated rings. The second-order valence-electron chi connectivity index (χ2n) is 3.29. The Balaban J connectivity index is 2.30. The van der Waals surface area contributed by atoms with Gasteiger partial charge in [-0.05, 0) is 12.8 Å². The maximum absolute atomic E-state index is 10.7. The predicted molar refractivity (Wildman–Crippen MR) is 45.5 cm³/mol. The molecule has 1 unspecified atom stereocenters. The minimum absolute atomic E-state index is 0.203. The number of nitrogens with one attached hydrogen (secondary N) is 1. The summed E-state index contributed by atoms with van der Waals surface area (Å²) in [5.74, 6) is -0.468. The van der Waals surface area contributed by atoms with E-state index >= 15 is 0 Å². The van der Waals surface area contributed by atoms with Crippen LogP contribution in [0.25, 0.3) is 0 Å². The van der Waals surface area contributed by atoms with Gasteiger partial charge in [0.25, 0.3) is 0 Å². The van der Waals surface area contributed by atoms with Crippen molar-refractivity contribution in [2.45, 2.75) is 37.8 Å². The van der Waals surface area contributed by atoms with Crippen molar-refractivity contribution in [3.8, 4) is 0 Å². The van der Waals surface area contributed by atoms with Crippen molar-refractivity contribution in [2.24, 2.45) is 5.73 Å². The fourth-order valence-electron chi connectivity index (χ4n) is 1.60. The molecule has 0 aromatic carbocycles. The number of rotatable bonds is 4. The minimum Gasteiger partial charge on any atom is -0.394 e. The molecule has 70 valence electrons. The Morgan fingerprint density at radius 3 is 2.58 bits per heavy atom. The van der Waals surface area contributed by atoms with E-state index in [1.807, 2.05) is 0 Å². The third-order valence-corrected chi connectivity index (χ3v) is 2.32. The number of amides is 1. The lowest BCUT2D eigenvalue weighted by Gasteiger charge is -2.17. The molecule has 1 amide bonds. The first-order valence-corrected chi connectivity index (χ1v) is 4.40. The lowest BCUT2D eigenvalue weighted by Crippen LogP contribution is -2.47. The highest BCUT2D eigenvalue weighted by Gasteiger charge is 2.21. The van der Waals surface area contributed by atoms with Crippen molar-refractivity contribution in [1.29, 1.82) is 0 Å². The molecule has 0 aliphatic heterocycles. The highest BCUT2D eigenvalue weighted by Crippen LogP contribution is 2.17. The Morgan fingerprint density at radius 2 is 2.17 bits per heavy atom. The highest BCUT2D eigenvalue weighted by atomic mass is 16.3. The Bertz CT molecular complexity index is 155. The highest BCUT2D eigenvalue weighted by molar-refractivity contribution is 5.79. The number of carbonyl (C=O) groups excluding carboxylic acids is 1. The zero-order chi connectivity index (χ0) is 8.97. The van der Waals surface area contributed by atoms with E-state index in [9.17, 15) is 4.79 Å². The van der Waals surface area contributed by atoms with Gasteiger partial charge in [-0.25, -0.2) is 0 Å². The first kappa shape index (κ1) is 9.48. The quantitative estimate of drug-likeness (QED) is 0.528. The Hall–Kier alpha value is -0.610. The van der Waals surface area contributed by atoms with Crippen molar-refractivity contribution in [2.75, 3.05) is 6.61 Å². The summed E-state index contributed by atoms with van der Waals surface area (Å²) in [4.78, 5) is 10.7. The first-order chi connectivity index (χ1) is 5.74. The normalized spacial score (nSPS) is 21.1. The standard InChI is InChI=1S/C8H16N2O2/c9-8(12)7(5-11)10-6-3-1-2-4-6/h6-7,10-11H,1-5H2,(H2,9,12). The van der Waals surface area contributed by atoms with Crippen molar-refractivity contribution in [3.05, 3.63) is 0 Å². The second-order valence-corrected chi connectivity index (χ2v) is 3.29. The number of primary amides is 1. The van der Waals surface area contributed by atoms with Crippen LogP contribution in [-0.2, 0) is 4.79 Å². The van der Waals surface area contributed by atoms with Gasteiger partial charge in [0.1, 0.15) is 6.04 Å². The first-order valence-electron chi connectivity index (χ1n) is 4.40. The van der Waals surface area contributed by atoms with E-state index in [0.717, 1.165) is 12.8 Å². The van der Waals surface area contributed by atoms with Gasteiger partial charge in [-0.2, -0.15) is 0 Å². The van der Waals surface area contributed by atoms with E-state index in [0.29, 0.717) is 6.04 Å². The maximum atomic E-state index is 10.7. The molecule has 0 heterocycles. The van der Waals surface area contributed by atoms with Gasteiger partial charge in [0.05, 0.1) is 6.61 Å². The SMILES string of the molecule is NC(=O)C(CO)NC1CCCC1. The summed E-state index contributed by atoms with van der Waals surface area (Å²) in [6.45, 7) is -0.203. The van der Waals surface area contributed by atoms with Gasteiger partial charge < -0.3 is 16.2 Å². The van der Waals surface area contributed by atoms with Gasteiger partial charge >= 0.3 is 0 Å². The number of nitrogens with two attached hydrogens (primary N) is 1. The largest absolute Gasteiger partial charge is 0.394 e. The van der Waals surface area contributed by atoms with Crippen LogP contribution in [0, 0.1) is 0 Å². The Kier molecular flexibility index (Phi) is 3.49. The summed E-state index contributed by atoms with van der Waals surface area (Å²) in [5.41, 5.74) is 5.06. The average Bonchev–Trinajstić information content (AvgIpc) is 2.51. The van der Waals surface area contributed by atoms with Gasteiger partial charge in [0, 0.05) is 6.04 Å². The predicted octanol–water partition coefficient (Wildman–Crippen LogP) is -0.635. The molecular formula is C8H16N2O2. The molecule has 0 aromatic heterocycles. The molecule has 0 spiro atoms. The lowest BCUT2D eigenvalue weighted by atomic mass is 10.2. The van der Waals surface area contributed by atoms with Crippen LogP contribution in [-0.4, -0.2) is 29.7 Å². The van der Waals surface area contributed by atoms with Crippen LogP contribution in [0.2, 0.25) is 0 Å². The Labute approximate surface area is 72.1 Å². The van der Waals surface area contributed by atoms with Crippen molar-refractivity contribution < 1.29 is 9.90 Å². The number of hydrogen-bond donors (Lipinski definition) is 3. The number of hydrogen-bond acceptors (Lipinski definition) is 3. The second kappa shape index (κ2) is 4.42. The topological polar surface area (TPSA) is 75.4 Å². The molecule has 4 heteroatoms. The molecule has 1 aliphatic rings. The zero-order valence-corrected chi connectivity index (χ0v) is 7.12. The molecule has 0 aromatic rings. The summed E-state index contributed by atoms with van der Waals surface area (Å²) in [6.07, 6.45) is 4.58. The fourth-order valence-corrected chi connectivity index (χ4v) is 1.60. The van der Waals surface area contributed by atoms with Crippen LogP contribution < -0.4 is 11.1 Å². The van der Waals surface area contributed by atoms with Crippen LogP contribution in [0.5, 0.6) is 0 Å². The molecule has 0 radical (unpaired) electrons. The van der Waals surface area contributed by atoms with E-state index in [1.165, 1.54) is 12.8 Å². The van der Waals surface area contributed by atoms with Crippen molar-refractivity contribution >= 4 is 5.91 Å². The number of aliphatic hydroxyl groups is 1. The smallest absolute Gasteiger partial charge is 0.236 e. The van der Waals surface area contributed by atoms with Gasteiger partial charge in [-0.3, -0.25) is 4.79 Å². The molecule has 1 atom stereocenters.